The maximum Gasteiger partial charge on any atom is 0.312 e. The Morgan fingerprint density at radius 3 is 2.93 bits per heavy atom. The summed E-state index contributed by atoms with van der Waals surface area (Å²) in [6.45, 7) is 2.87. The predicted molar refractivity (Wildman–Crippen MR) is 106 cm³/mol. The number of hydrogen-bond acceptors (Lipinski definition) is 4. The number of unbranched alkanes of at least 4 members (excludes halogenated alkanes) is 1. The van der Waals surface area contributed by atoms with Crippen molar-refractivity contribution in [3.05, 3.63) is 54.6 Å². The van der Waals surface area contributed by atoms with E-state index in [1.165, 1.54) is 0 Å². The van der Waals surface area contributed by atoms with Crippen LogP contribution in [0, 0.1) is 11.8 Å². The van der Waals surface area contributed by atoms with Gasteiger partial charge in [0.2, 0.25) is 5.91 Å². The number of amides is 1. The van der Waals surface area contributed by atoms with Crippen molar-refractivity contribution in [3.8, 4) is 0 Å². The molecule has 4 atom stereocenters. The number of rotatable bonds is 5. The third-order valence-corrected chi connectivity index (χ3v) is 6.17. The van der Waals surface area contributed by atoms with Crippen molar-refractivity contribution in [2.24, 2.45) is 11.8 Å². The highest BCUT2D eigenvalue weighted by molar-refractivity contribution is 6.08. The zero-order valence-electron chi connectivity index (χ0n) is 15.8. The van der Waals surface area contributed by atoms with Gasteiger partial charge in [0.05, 0.1) is 30.9 Å². The Morgan fingerprint density at radius 1 is 1.25 bits per heavy atom. The topological polar surface area (TPSA) is 55.8 Å². The Labute approximate surface area is 163 Å². The van der Waals surface area contributed by atoms with Crippen LogP contribution in [0.3, 0.4) is 0 Å². The van der Waals surface area contributed by atoms with Gasteiger partial charge in [0, 0.05) is 5.39 Å². The summed E-state index contributed by atoms with van der Waals surface area (Å²) in [6.07, 6.45) is 5.31. The summed E-state index contributed by atoms with van der Waals surface area (Å²) in [5, 5.41) is 2.11. The lowest BCUT2D eigenvalue weighted by Gasteiger charge is -2.23. The molecule has 2 fully saturated rings. The summed E-state index contributed by atoms with van der Waals surface area (Å²) in [5.41, 5.74) is 0.137. The van der Waals surface area contributed by atoms with Crippen LogP contribution in [-0.2, 0) is 19.1 Å². The van der Waals surface area contributed by atoms with Crippen LogP contribution in [-0.4, -0.2) is 36.7 Å². The Kier molecular flexibility index (Phi) is 4.02. The molecule has 0 radical (unpaired) electrons. The molecular weight excluding hydrogens is 354 g/mol. The summed E-state index contributed by atoms with van der Waals surface area (Å²) < 4.78 is 11.6. The molecule has 144 valence electrons. The van der Waals surface area contributed by atoms with Gasteiger partial charge >= 0.3 is 5.97 Å². The number of carbonyl (C=O) groups is 2. The summed E-state index contributed by atoms with van der Waals surface area (Å²) >= 11 is 0. The van der Waals surface area contributed by atoms with E-state index < -0.39 is 17.4 Å². The van der Waals surface area contributed by atoms with Crippen LogP contribution in [0.5, 0.6) is 0 Å². The summed E-state index contributed by atoms with van der Waals surface area (Å²) in [6, 6.07) is 14.0. The fraction of sp³-hybridized carbons (Fsp3) is 0.391. The molecule has 2 bridgehead atoms. The van der Waals surface area contributed by atoms with Crippen molar-refractivity contribution in [1.29, 1.82) is 0 Å². The number of hydrogen-bond donors (Lipinski definition) is 0. The van der Waals surface area contributed by atoms with E-state index in [4.69, 9.17) is 9.47 Å². The molecule has 0 N–H and O–H groups in total. The smallest absolute Gasteiger partial charge is 0.312 e. The normalized spacial score (nSPS) is 30.2. The Morgan fingerprint density at radius 2 is 2.07 bits per heavy atom. The van der Waals surface area contributed by atoms with Crippen molar-refractivity contribution < 1.29 is 19.1 Å². The lowest BCUT2D eigenvalue weighted by Crippen LogP contribution is -2.40. The molecule has 28 heavy (non-hydrogen) atoms. The van der Waals surface area contributed by atoms with Crippen molar-refractivity contribution >= 4 is 28.3 Å². The highest BCUT2D eigenvalue weighted by Crippen LogP contribution is 2.53. The van der Waals surface area contributed by atoms with Crippen LogP contribution >= 0.6 is 0 Å². The van der Waals surface area contributed by atoms with Gasteiger partial charge < -0.3 is 14.4 Å². The van der Waals surface area contributed by atoms with Crippen molar-refractivity contribution in [3.63, 3.8) is 0 Å². The number of esters is 1. The molecule has 2 aromatic carbocycles. The van der Waals surface area contributed by atoms with Crippen LogP contribution in [0.4, 0.5) is 5.69 Å². The number of nitrogens with zero attached hydrogens (tertiary/aromatic N) is 1. The largest absolute Gasteiger partial charge is 0.465 e. The third-order valence-electron chi connectivity index (χ3n) is 6.17. The summed E-state index contributed by atoms with van der Waals surface area (Å²) in [5.74, 6) is -1.45. The van der Waals surface area contributed by atoms with E-state index in [1.54, 1.807) is 4.90 Å². The molecule has 3 aliphatic heterocycles. The van der Waals surface area contributed by atoms with Crippen LogP contribution < -0.4 is 4.90 Å². The highest BCUT2D eigenvalue weighted by atomic mass is 16.6. The Bertz CT molecular complexity index is 978. The molecule has 0 unspecified atom stereocenters. The number of carbonyl (C=O) groups excluding carboxylic acids is 2. The minimum atomic E-state index is -0.729. The molecule has 1 amide bonds. The molecule has 0 aromatic heterocycles. The van der Waals surface area contributed by atoms with Gasteiger partial charge in [-0.3, -0.25) is 9.59 Å². The molecule has 0 aliphatic carbocycles. The molecule has 3 aliphatic rings. The number of ether oxygens (including phenoxy) is 2. The van der Waals surface area contributed by atoms with E-state index in [2.05, 4.69) is 6.92 Å². The second kappa shape index (κ2) is 6.45. The lowest BCUT2D eigenvalue weighted by molar-refractivity contribution is -0.152. The van der Waals surface area contributed by atoms with Gasteiger partial charge in [0.25, 0.3) is 0 Å². The standard InChI is InChI=1S/C23H23NO4/c1-2-3-13-27-22(26)19-18-11-12-23(28-18)14-24(21(25)20(19)23)17-10-6-8-15-7-4-5-9-16(15)17/h4-12,18-20H,2-3,13-14H2,1H3/t18-,19-,20-,23+/m0/s1. The minimum Gasteiger partial charge on any atom is -0.465 e. The summed E-state index contributed by atoms with van der Waals surface area (Å²) in [4.78, 5) is 28.0. The van der Waals surface area contributed by atoms with E-state index in [-0.39, 0.29) is 18.0 Å². The molecule has 5 nitrogen and oxygen atoms in total. The first-order valence-corrected chi connectivity index (χ1v) is 9.97. The van der Waals surface area contributed by atoms with Gasteiger partial charge in [-0.2, -0.15) is 0 Å². The van der Waals surface area contributed by atoms with Crippen LogP contribution in [0.2, 0.25) is 0 Å². The van der Waals surface area contributed by atoms with E-state index in [9.17, 15) is 9.59 Å². The predicted octanol–water partition coefficient (Wildman–Crippen LogP) is 3.47. The Hall–Kier alpha value is -2.66. The van der Waals surface area contributed by atoms with E-state index >= 15 is 0 Å². The van der Waals surface area contributed by atoms with Gasteiger partial charge in [-0.15, -0.1) is 0 Å². The Balaban J connectivity index is 1.49. The average Bonchev–Trinajstić information content (AvgIpc) is 3.36. The fourth-order valence-corrected chi connectivity index (χ4v) is 4.83. The van der Waals surface area contributed by atoms with E-state index in [1.807, 2.05) is 54.6 Å². The molecule has 5 rings (SSSR count). The zero-order chi connectivity index (χ0) is 19.3. The van der Waals surface area contributed by atoms with Crippen molar-refractivity contribution in [2.45, 2.75) is 31.5 Å². The van der Waals surface area contributed by atoms with Crippen LogP contribution in [0.25, 0.3) is 10.8 Å². The first-order chi connectivity index (χ1) is 13.6. The molecular formula is C23H23NO4. The highest BCUT2D eigenvalue weighted by Gasteiger charge is 2.67. The molecule has 0 saturated carbocycles. The van der Waals surface area contributed by atoms with Gasteiger partial charge in [0.1, 0.15) is 11.5 Å². The summed E-state index contributed by atoms with van der Waals surface area (Å²) in [7, 11) is 0. The van der Waals surface area contributed by atoms with Gasteiger partial charge in [-0.1, -0.05) is 61.9 Å². The van der Waals surface area contributed by atoms with Gasteiger partial charge in [-0.05, 0) is 17.9 Å². The molecule has 5 heteroatoms. The van der Waals surface area contributed by atoms with Crippen LogP contribution in [0.15, 0.2) is 54.6 Å². The first kappa shape index (κ1) is 17.4. The maximum atomic E-state index is 13.5. The molecule has 2 saturated heterocycles. The van der Waals surface area contributed by atoms with Crippen LogP contribution in [0.1, 0.15) is 19.8 Å². The second-order valence-electron chi connectivity index (χ2n) is 7.84. The zero-order valence-corrected chi connectivity index (χ0v) is 15.8. The monoisotopic (exact) mass is 377 g/mol. The van der Waals surface area contributed by atoms with Gasteiger partial charge in [-0.25, -0.2) is 0 Å². The van der Waals surface area contributed by atoms with Crippen molar-refractivity contribution in [1.82, 2.24) is 0 Å². The first-order valence-electron chi connectivity index (χ1n) is 9.97. The number of fused-ring (bicyclic) bond motifs is 2. The molecule has 1 spiro atoms. The quantitative estimate of drug-likeness (QED) is 0.455. The van der Waals surface area contributed by atoms with E-state index in [0.29, 0.717) is 13.2 Å². The van der Waals surface area contributed by atoms with Crippen molar-refractivity contribution in [2.75, 3.05) is 18.1 Å². The molecule has 2 aromatic rings. The second-order valence-corrected chi connectivity index (χ2v) is 7.84. The minimum absolute atomic E-state index is 0.0550. The molecule has 3 heterocycles. The SMILES string of the molecule is CCCCOC(=O)[C@H]1[C@@H]2C=C[C@]3(CN(c4cccc5ccccc45)C(=O)[C@H]13)O2. The maximum absolute atomic E-state index is 13.5. The van der Waals surface area contributed by atoms with E-state index in [0.717, 1.165) is 29.3 Å². The number of anilines is 1. The fourth-order valence-electron chi connectivity index (χ4n) is 4.83. The number of benzene rings is 2. The average molecular weight is 377 g/mol. The van der Waals surface area contributed by atoms with Gasteiger partial charge in [0.15, 0.2) is 0 Å². The lowest BCUT2D eigenvalue weighted by atomic mass is 9.77. The third kappa shape index (κ3) is 2.42.